The van der Waals surface area contributed by atoms with E-state index in [1.807, 2.05) is 72.7 Å². The first kappa shape index (κ1) is 31.4. The Bertz CT molecular complexity index is 1140. The monoisotopic (exact) mass is 530 g/mol. The molecule has 1 heterocycles. The molecule has 3 aromatic rings. The van der Waals surface area contributed by atoms with Gasteiger partial charge in [-0.1, -0.05) is 97.4 Å². The van der Waals surface area contributed by atoms with E-state index in [4.69, 9.17) is 4.99 Å². The van der Waals surface area contributed by atoms with E-state index in [1.54, 1.807) is 6.20 Å². The van der Waals surface area contributed by atoms with Crippen LogP contribution in [0.5, 0.6) is 11.5 Å². The van der Waals surface area contributed by atoms with Crippen LogP contribution in [0.2, 0.25) is 0 Å². The number of hydrogen-bond acceptors (Lipinski definition) is 4. The van der Waals surface area contributed by atoms with Gasteiger partial charge in [0.05, 0.1) is 17.1 Å². The quantitative estimate of drug-likeness (QED) is 0.276. The summed E-state index contributed by atoms with van der Waals surface area (Å²) in [6.45, 7) is 18.3. The summed E-state index contributed by atoms with van der Waals surface area (Å²) in [6, 6.07) is 15.7. The van der Waals surface area contributed by atoms with E-state index >= 15 is 0 Å². The Balaban J connectivity index is 0.000000356. The first-order chi connectivity index (χ1) is 16.3. The zero-order valence-corrected chi connectivity index (χ0v) is 24.1. The Morgan fingerprint density at radius 3 is 1.86 bits per heavy atom. The first-order valence-electron chi connectivity index (χ1n) is 12.4. The van der Waals surface area contributed by atoms with Crippen molar-refractivity contribution in [1.29, 1.82) is 0 Å². The molecule has 0 atom stereocenters. The predicted molar refractivity (Wildman–Crippen MR) is 144 cm³/mol. The number of aromatic nitrogens is 1. The average Bonchev–Trinajstić information content (AvgIpc) is 2.80. The Hall–Kier alpha value is -2.65. The molecule has 0 N–H and O–H groups in total. The summed E-state index contributed by atoms with van der Waals surface area (Å²) in [4.78, 5) is 9.18. The molecule has 0 aliphatic rings. The fourth-order valence-electron chi connectivity index (χ4n) is 3.75. The molecule has 0 unspecified atom stereocenters. The zero-order chi connectivity index (χ0) is 26.4. The van der Waals surface area contributed by atoms with Gasteiger partial charge in [0.2, 0.25) is 0 Å². The van der Waals surface area contributed by atoms with Crippen LogP contribution in [-0.4, -0.2) is 10.7 Å². The van der Waals surface area contributed by atoms with E-state index in [9.17, 15) is 10.2 Å². The molecule has 1 aromatic heterocycles. The zero-order valence-electron chi connectivity index (χ0n) is 23.1. The van der Waals surface area contributed by atoms with E-state index in [1.165, 1.54) is 17.2 Å². The van der Waals surface area contributed by atoms with Gasteiger partial charge in [-0.25, -0.2) is 0 Å². The predicted octanol–water partition coefficient (Wildman–Crippen LogP) is 6.77. The third-order valence-corrected chi connectivity index (χ3v) is 6.01. The second-order valence-corrected chi connectivity index (χ2v) is 10.9. The Morgan fingerprint density at radius 2 is 1.42 bits per heavy atom. The van der Waals surface area contributed by atoms with E-state index in [0.29, 0.717) is 5.56 Å². The minimum absolute atomic E-state index is 0. The molecule has 0 radical (unpaired) electrons. The molecule has 5 heteroatoms. The summed E-state index contributed by atoms with van der Waals surface area (Å²) in [5.41, 5.74) is 6.79. The minimum atomic E-state index is -0.391. The maximum Gasteiger partial charge on any atom is 2.00 e. The fourth-order valence-corrected chi connectivity index (χ4v) is 3.75. The van der Waals surface area contributed by atoms with Crippen molar-refractivity contribution in [3.8, 4) is 11.5 Å². The number of nitrogens with zero attached hydrogens (tertiary/aromatic N) is 2. The van der Waals surface area contributed by atoms with Gasteiger partial charge in [-0.2, -0.15) is 0 Å². The van der Waals surface area contributed by atoms with Crippen molar-refractivity contribution in [3.63, 3.8) is 0 Å². The van der Waals surface area contributed by atoms with Gasteiger partial charge in [0.15, 0.2) is 0 Å². The molecule has 0 amide bonds. The van der Waals surface area contributed by atoms with E-state index in [0.717, 1.165) is 35.5 Å². The Kier molecular flexibility index (Phi) is 11.4. The Morgan fingerprint density at radius 1 is 0.833 bits per heavy atom. The van der Waals surface area contributed by atoms with Crippen LogP contribution >= 0.6 is 0 Å². The minimum Gasteiger partial charge on any atom is -0.873 e. The van der Waals surface area contributed by atoms with Crippen LogP contribution in [0.25, 0.3) is 0 Å². The normalized spacial score (nSPS) is 11.9. The largest absolute Gasteiger partial charge is 2.00 e. The maximum absolute atomic E-state index is 11.8. The van der Waals surface area contributed by atoms with Crippen LogP contribution in [0.4, 0.5) is 5.69 Å². The summed E-state index contributed by atoms with van der Waals surface area (Å²) >= 11 is 0. The van der Waals surface area contributed by atoms with Crippen LogP contribution in [0.3, 0.4) is 0 Å². The number of aryl methyl sites for hydroxylation is 2. The van der Waals surface area contributed by atoms with Crippen molar-refractivity contribution in [2.75, 3.05) is 0 Å². The summed E-state index contributed by atoms with van der Waals surface area (Å²) in [6.07, 6.45) is 3.81. The van der Waals surface area contributed by atoms with E-state index < -0.39 is 5.75 Å². The molecule has 0 saturated carbocycles. The summed E-state index contributed by atoms with van der Waals surface area (Å²) < 4.78 is 0. The molecule has 4 nitrogen and oxygen atoms in total. The third kappa shape index (κ3) is 8.20. The summed E-state index contributed by atoms with van der Waals surface area (Å²) in [5, 5.41) is 23.4. The van der Waals surface area contributed by atoms with Crippen LogP contribution in [-0.2, 0) is 40.2 Å². The second-order valence-electron chi connectivity index (χ2n) is 10.9. The SMILES string of the molecule is CC(C)(C)c1cc([O-])c([O-])c(C(C)(C)C)c1.CCc1cccc(CC)c1N=C(C)c1ccccn1.[Ni+2]. The molecule has 196 valence electrons. The molecule has 0 spiro atoms. The fraction of sp³-hybridized carbons (Fsp3) is 0.419. The summed E-state index contributed by atoms with van der Waals surface area (Å²) in [7, 11) is 0. The van der Waals surface area contributed by atoms with Gasteiger partial charge in [0.25, 0.3) is 0 Å². The van der Waals surface area contributed by atoms with Gasteiger partial charge in [0, 0.05) is 6.20 Å². The summed E-state index contributed by atoms with van der Waals surface area (Å²) in [5.74, 6) is -0.752. The number of hydrogen-bond donors (Lipinski definition) is 0. The van der Waals surface area contributed by atoms with Crippen molar-refractivity contribution >= 4 is 11.4 Å². The third-order valence-electron chi connectivity index (χ3n) is 6.01. The van der Waals surface area contributed by atoms with Crippen molar-refractivity contribution in [2.24, 2.45) is 4.99 Å². The van der Waals surface area contributed by atoms with Crippen LogP contribution in [0, 0.1) is 0 Å². The first-order valence-corrected chi connectivity index (χ1v) is 12.4. The standard InChI is InChI=1S/C17H20N2.C14H22O2.Ni/c1-4-14-9-8-10-15(5-2)17(14)19-13(3)16-11-6-7-12-18-16;1-13(2,3)9-7-10(14(4,5)6)12(16)11(15)8-9;/h6-12H,4-5H2,1-3H3;7-8,15-16H,1-6H3;/q;;+2/p-2. The van der Waals surface area contributed by atoms with Crippen LogP contribution in [0.15, 0.2) is 59.7 Å². The van der Waals surface area contributed by atoms with E-state index in [-0.39, 0.29) is 33.1 Å². The molecule has 0 saturated heterocycles. The number of benzene rings is 2. The molecule has 0 bridgehead atoms. The van der Waals surface area contributed by atoms with Crippen molar-refractivity contribution in [1.82, 2.24) is 4.98 Å². The Labute approximate surface area is 227 Å². The molecule has 3 rings (SSSR count). The molecular formula is C31H40N2NiO2. The number of para-hydroxylation sites is 1. The molecule has 0 aliphatic heterocycles. The van der Waals surface area contributed by atoms with Crippen molar-refractivity contribution in [2.45, 2.75) is 86.0 Å². The molecule has 2 aromatic carbocycles. The van der Waals surface area contributed by atoms with Crippen molar-refractivity contribution in [3.05, 3.63) is 82.7 Å². The van der Waals surface area contributed by atoms with Gasteiger partial charge in [-0.05, 0) is 59.4 Å². The van der Waals surface area contributed by atoms with Crippen LogP contribution < -0.4 is 10.2 Å². The molecule has 0 fully saturated rings. The maximum atomic E-state index is 11.8. The topological polar surface area (TPSA) is 71.4 Å². The molecular weight excluding hydrogens is 491 g/mol. The van der Waals surface area contributed by atoms with Gasteiger partial charge >= 0.3 is 16.5 Å². The van der Waals surface area contributed by atoms with E-state index in [2.05, 4.69) is 37.0 Å². The van der Waals surface area contributed by atoms with Crippen molar-refractivity contribution < 1.29 is 26.7 Å². The number of aliphatic imine (C=N–C) groups is 1. The van der Waals surface area contributed by atoms with Gasteiger partial charge in [0.1, 0.15) is 0 Å². The second kappa shape index (κ2) is 13.1. The van der Waals surface area contributed by atoms with Crippen LogP contribution in [0.1, 0.15) is 90.3 Å². The number of pyridine rings is 1. The average molecular weight is 531 g/mol. The molecule has 0 aliphatic carbocycles. The van der Waals surface area contributed by atoms with Gasteiger partial charge in [-0.3, -0.25) is 9.98 Å². The van der Waals surface area contributed by atoms with Gasteiger partial charge < -0.3 is 10.2 Å². The molecule has 36 heavy (non-hydrogen) atoms. The smallest absolute Gasteiger partial charge is 0.873 e. The number of rotatable bonds is 4. The van der Waals surface area contributed by atoms with Gasteiger partial charge in [-0.15, -0.1) is 11.5 Å².